The minimum absolute atomic E-state index is 0.188. The van der Waals surface area contributed by atoms with E-state index >= 15 is 0 Å². The highest BCUT2D eigenvalue weighted by molar-refractivity contribution is 8.02. The van der Waals surface area contributed by atoms with Crippen LogP contribution in [0.15, 0.2) is 23.1 Å². The lowest BCUT2D eigenvalue weighted by molar-refractivity contribution is -0.134. The fourth-order valence-electron chi connectivity index (χ4n) is 2.89. The third kappa shape index (κ3) is 2.27. The summed E-state index contributed by atoms with van der Waals surface area (Å²) in [5.41, 5.74) is 0.582. The Hall–Kier alpha value is -1.34. The molecule has 2 aliphatic heterocycles. The monoisotopic (exact) mass is 346 g/mol. The molecule has 4 nitrogen and oxygen atoms in total. The number of carbonyl (C=O) groups excluding carboxylic acids is 2. The molecule has 1 aromatic carbocycles. The van der Waals surface area contributed by atoms with Gasteiger partial charge in [-0.2, -0.15) is 0 Å². The molecule has 0 spiro atoms. The van der Waals surface area contributed by atoms with Gasteiger partial charge in [0, 0.05) is 23.4 Å². The van der Waals surface area contributed by atoms with E-state index in [4.69, 9.17) is 11.6 Å². The topological polar surface area (TPSA) is 40.6 Å². The summed E-state index contributed by atoms with van der Waals surface area (Å²) >= 11 is 7.22. The number of thioether (sulfide) groups is 1. The summed E-state index contributed by atoms with van der Waals surface area (Å²) in [6.07, 6.45) is -2.10. The highest BCUT2D eigenvalue weighted by Gasteiger charge is 2.58. The van der Waals surface area contributed by atoms with E-state index in [0.717, 1.165) is 9.80 Å². The number of fused-ring (bicyclic) bond motifs is 3. The van der Waals surface area contributed by atoms with Crippen LogP contribution in [0.2, 0.25) is 5.02 Å². The van der Waals surface area contributed by atoms with Gasteiger partial charge < -0.3 is 4.90 Å². The lowest BCUT2D eigenvalue weighted by atomic mass is 10.1. The molecule has 3 rings (SSSR count). The van der Waals surface area contributed by atoms with Crippen LogP contribution in [0.1, 0.15) is 12.8 Å². The second-order valence-corrected chi connectivity index (χ2v) is 7.06. The maximum atomic E-state index is 12.7. The molecule has 0 saturated carbocycles. The zero-order valence-electron chi connectivity index (χ0n) is 11.7. The van der Waals surface area contributed by atoms with Crippen molar-refractivity contribution < 1.29 is 18.4 Å². The first-order chi connectivity index (χ1) is 10.3. The van der Waals surface area contributed by atoms with E-state index in [1.165, 1.54) is 23.7 Å². The number of amides is 2. The van der Waals surface area contributed by atoms with E-state index in [1.807, 2.05) is 0 Å². The Labute approximate surface area is 135 Å². The Morgan fingerprint density at radius 3 is 2.95 bits per heavy atom. The first-order valence-electron chi connectivity index (χ1n) is 6.70. The lowest BCUT2D eigenvalue weighted by Crippen LogP contribution is -2.53. The number of carbonyl (C=O) groups is 2. The molecule has 1 saturated heterocycles. The van der Waals surface area contributed by atoms with Crippen molar-refractivity contribution in [3.05, 3.63) is 23.2 Å². The average molecular weight is 347 g/mol. The maximum Gasteiger partial charge on any atom is 0.259 e. The Morgan fingerprint density at radius 2 is 2.27 bits per heavy atom. The fourth-order valence-corrected chi connectivity index (χ4v) is 4.55. The number of halogens is 3. The predicted molar refractivity (Wildman–Crippen MR) is 80.4 cm³/mol. The number of alkyl halides is 2. The van der Waals surface area contributed by atoms with E-state index in [-0.39, 0.29) is 12.3 Å². The number of likely N-dealkylation sites (N-methyl/N-ethyl adjacent to an activating group) is 1. The van der Waals surface area contributed by atoms with Crippen LogP contribution in [-0.4, -0.2) is 41.6 Å². The van der Waals surface area contributed by atoms with Crippen molar-refractivity contribution in [1.82, 2.24) is 4.90 Å². The van der Waals surface area contributed by atoms with Gasteiger partial charge in [-0.3, -0.25) is 14.5 Å². The summed E-state index contributed by atoms with van der Waals surface area (Å²) in [5.74, 6) is -0.664. The summed E-state index contributed by atoms with van der Waals surface area (Å²) in [5, 5.41) is 0.461. The van der Waals surface area contributed by atoms with Gasteiger partial charge in [-0.05, 0) is 24.6 Å². The SMILES string of the molecule is CN(CC(F)F)C(=O)[C@@]12CCC(=O)N1c1cc(Cl)ccc1S2. The molecule has 0 aliphatic carbocycles. The minimum Gasteiger partial charge on any atom is -0.337 e. The van der Waals surface area contributed by atoms with Crippen LogP contribution in [-0.2, 0) is 9.59 Å². The molecule has 22 heavy (non-hydrogen) atoms. The highest BCUT2D eigenvalue weighted by Crippen LogP contribution is 2.56. The van der Waals surface area contributed by atoms with Crippen LogP contribution < -0.4 is 4.90 Å². The van der Waals surface area contributed by atoms with Crippen LogP contribution in [0.3, 0.4) is 0 Å². The van der Waals surface area contributed by atoms with Gasteiger partial charge in [-0.25, -0.2) is 8.78 Å². The van der Waals surface area contributed by atoms with Gasteiger partial charge in [0.05, 0.1) is 12.2 Å². The molecule has 0 aromatic heterocycles. The fraction of sp³-hybridized carbons (Fsp3) is 0.429. The van der Waals surface area contributed by atoms with Crippen molar-refractivity contribution in [3.8, 4) is 0 Å². The van der Waals surface area contributed by atoms with Crippen molar-refractivity contribution in [2.45, 2.75) is 29.0 Å². The Balaban J connectivity index is 2.00. The Bertz CT molecular complexity index is 658. The zero-order chi connectivity index (χ0) is 16.1. The summed E-state index contributed by atoms with van der Waals surface area (Å²) < 4.78 is 25.1. The minimum atomic E-state index is -2.61. The van der Waals surface area contributed by atoms with E-state index in [1.54, 1.807) is 18.2 Å². The van der Waals surface area contributed by atoms with E-state index in [0.29, 0.717) is 17.1 Å². The summed E-state index contributed by atoms with van der Waals surface area (Å²) in [6, 6.07) is 5.06. The van der Waals surface area contributed by atoms with Crippen molar-refractivity contribution in [2.24, 2.45) is 0 Å². The average Bonchev–Trinajstić information content (AvgIpc) is 2.94. The molecule has 118 valence electrons. The smallest absolute Gasteiger partial charge is 0.259 e. The molecule has 2 aliphatic rings. The molecule has 0 bridgehead atoms. The quantitative estimate of drug-likeness (QED) is 0.844. The molecule has 0 unspecified atom stereocenters. The summed E-state index contributed by atoms with van der Waals surface area (Å²) in [4.78, 5) is 27.0. The number of nitrogens with zero attached hydrogens (tertiary/aromatic N) is 2. The van der Waals surface area contributed by atoms with Crippen molar-refractivity contribution in [3.63, 3.8) is 0 Å². The normalized spacial score (nSPS) is 23.0. The molecular weight excluding hydrogens is 334 g/mol. The molecular formula is C14H13ClF2N2O2S. The number of rotatable bonds is 3. The Morgan fingerprint density at radius 1 is 1.55 bits per heavy atom. The summed E-state index contributed by atoms with van der Waals surface area (Å²) in [6.45, 7) is -0.653. The van der Waals surface area contributed by atoms with Gasteiger partial charge in [-0.1, -0.05) is 23.4 Å². The number of hydrogen-bond donors (Lipinski definition) is 0. The third-order valence-electron chi connectivity index (χ3n) is 3.82. The van der Waals surface area contributed by atoms with Gasteiger partial charge in [0.15, 0.2) is 4.87 Å². The molecule has 0 radical (unpaired) electrons. The van der Waals surface area contributed by atoms with Gasteiger partial charge in [0.25, 0.3) is 12.3 Å². The second-order valence-electron chi connectivity index (χ2n) is 5.30. The standard InChI is InChI=1S/C14H13ClF2N2O2S/c1-18(7-11(16)17)13(21)14-5-4-12(20)19(14)9-6-8(15)2-3-10(9)22-14/h2-3,6,11H,4-5,7H2,1H3/t14-/m0/s1. The molecule has 0 N–H and O–H groups in total. The molecule has 1 aromatic rings. The molecule has 1 atom stereocenters. The zero-order valence-corrected chi connectivity index (χ0v) is 13.3. The largest absolute Gasteiger partial charge is 0.337 e. The molecule has 8 heteroatoms. The number of benzene rings is 1. The van der Waals surface area contributed by atoms with Gasteiger partial charge >= 0.3 is 0 Å². The van der Waals surface area contributed by atoms with Crippen molar-refractivity contribution in [1.29, 1.82) is 0 Å². The van der Waals surface area contributed by atoms with E-state index in [2.05, 4.69) is 0 Å². The second kappa shape index (κ2) is 5.38. The summed E-state index contributed by atoms with van der Waals surface area (Å²) in [7, 11) is 1.33. The van der Waals surface area contributed by atoms with E-state index < -0.39 is 23.7 Å². The van der Waals surface area contributed by atoms with Crippen molar-refractivity contribution in [2.75, 3.05) is 18.5 Å². The first kappa shape index (κ1) is 15.6. The molecule has 2 amide bonds. The molecule has 1 fully saturated rings. The lowest BCUT2D eigenvalue weighted by Gasteiger charge is -2.33. The highest BCUT2D eigenvalue weighted by atomic mass is 35.5. The third-order valence-corrected chi connectivity index (χ3v) is 5.52. The van der Waals surface area contributed by atoms with Crippen molar-refractivity contribution >= 4 is 40.9 Å². The number of hydrogen-bond acceptors (Lipinski definition) is 3. The number of anilines is 1. The van der Waals surface area contributed by atoms with Crippen LogP contribution >= 0.6 is 23.4 Å². The van der Waals surface area contributed by atoms with Crippen LogP contribution in [0.5, 0.6) is 0 Å². The first-order valence-corrected chi connectivity index (χ1v) is 7.90. The van der Waals surface area contributed by atoms with Gasteiger partial charge in [-0.15, -0.1) is 0 Å². The van der Waals surface area contributed by atoms with Crippen LogP contribution in [0, 0.1) is 0 Å². The van der Waals surface area contributed by atoms with E-state index in [9.17, 15) is 18.4 Å². The Kier molecular flexibility index (Phi) is 3.81. The predicted octanol–water partition coefficient (Wildman–Crippen LogP) is 2.99. The van der Waals surface area contributed by atoms with Gasteiger partial charge in [0.1, 0.15) is 0 Å². The van der Waals surface area contributed by atoms with Crippen LogP contribution in [0.25, 0.3) is 0 Å². The maximum absolute atomic E-state index is 12.7. The molecule has 2 heterocycles. The van der Waals surface area contributed by atoms with Gasteiger partial charge in [0.2, 0.25) is 5.91 Å². The van der Waals surface area contributed by atoms with Crippen LogP contribution in [0.4, 0.5) is 14.5 Å².